The van der Waals surface area contributed by atoms with Gasteiger partial charge in [-0.25, -0.2) is 4.79 Å². The molecule has 3 fully saturated rings. The zero-order valence-corrected chi connectivity index (χ0v) is 17.7. The maximum atomic E-state index is 13.2. The first kappa shape index (κ1) is 20.2. The van der Waals surface area contributed by atoms with E-state index in [0.29, 0.717) is 28.8 Å². The SMILES string of the molecule is CCC1(c2ccc(Cl)cc2)NC(=O)N(CC(=O)NC(C)C2CC3CCC2C3)C1=O. The number of rotatable bonds is 6. The van der Waals surface area contributed by atoms with Gasteiger partial charge in [0.1, 0.15) is 12.1 Å². The molecule has 1 heterocycles. The van der Waals surface area contributed by atoms with E-state index in [2.05, 4.69) is 10.6 Å². The first-order valence-electron chi connectivity index (χ1n) is 10.5. The highest BCUT2D eigenvalue weighted by molar-refractivity contribution is 6.30. The predicted molar refractivity (Wildman–Crippen MR) is 110 cm³/mol. The average molecular weight is 418 g/mol. The largest absolute Gasteiger partial charge is 0.352 e. The zero-order valence-electron chi connectivity index (χ0n) is 16.9. The Morgan fingerprint density at radius 2 is 2.00 bits per heavy atom. The maximum absolute atomic E-state index is 13.2. The van der Waals surface area contributed by atoms with Crippen molar-refractivity contribution in [2.45, 2.75) is 57.5 Å². The Kier molecular flexibility index (Phi) is 5.32. The number of hydrogen-bond donors (Lipinski definition) is 2. The molecule has 4 rings (SSSR count). The van der Waals surface area contributed by atoms with Crippen molar-refractivity contribution in [3.05, 3.63) is 34.9 Å². The fraction of sp³-hybridized carbons (Fsp3) is 0.591. The van der Waals surface area contributed by atoms with E-state index in [1.54, 1.807) is 24.3 Å². The summed E-state index contributed by atoms with van der Waals surface area (Å²) in [5.74, 6) is 1.33. The van der Waals surface area contributed by atoms with Gasteiger partial charge in [0.15, 0.2) is 0 Å². The van der Waals surface area contributed by atoms with Crippen LogP contribution >= 0.6 is 11.6 Å². The first-order chi connectivity index (χ1) is 13.8. The lowest BCUT2D eigenvalue weighted by Gasteiger charge is -2.29. The van der Waals surface area contributed by atoms with E-state index in [4.69, 9.17) is 11.6 Å². The summed E-state index contributed by atoms with van der Waals surface area (Å²) in [6, 6.07) is 6.40. The summed E-state index contributed by atoms with van der Waals surface area (Å²) in [5.41, 5.74) is -0.487. The number of carbonyl (C=O) groups is 3. The summed E-state index contributed by atoms with van der Waals surface area (Å²) in [7, 11) is 0. The van der Waals surface area contributed by atoms with Gasteiger partial charge >= 0.3 is 6.03 Å². The third kappa shape index (κ3) is 3.52. The highest BCUT2D eigenvalue weighted by Gasteiger charge is 2.51. The molecule has 2 saturated carbocycles. The van der Waals surface area contributed by atoms with Crippen LogP contribution < -0.4 is 10.6 Å². The van der Waals surface area contributed by atoms with E-state index in [1.807, 2.05) is 13.8 Å². The van der Waals surface area contributed by atoms with Crippen molar-refractivity contribution >= 4 is 29.4 Å². The molecule has 2 N–H and O–H groups in total. The molecule has 0 spiro atoms. The smallest absolute Gasteiger partial charge is 0.325 e. The Labute approximate surface area is 176 Å². The van der Waals surface area contributed by atoms with Gasteiger partial charge in [-0.05, 0) is 68.1 Å². The molecular formula is C22H28ClN3O3. The van der Waals surface area contributed by atoms with Gasteiger partial charge in [-0.2, -0.15) is 0 Å². The van der Waals surface area contributed by atoms with E-state index in [9.17, 15) is 14.4 Å². The number of urea groups is 1. The van der Waals surface area contributed by atoms with E-state index < -0.39 is 17.5 Å². The van der Waals surface area contributed by atoms with Crippen molar-refractivity contribution in [1.29, 1.82) is 0 Å². The van der Waals surface area contributed by atoms with Crippen LogP contribution in [0.2, 0.25) is 5.02 Å². The highest BCUT2D eigenvalue weighted by Crippen LogP contribution is 2.49. The molecule has 1 aromatic rings. The predicted octanol–water partition coefficient (Wildman–Crippen LogP) is 3.44. The lowest BCUT2D eigenvalue weighted by atomic mass is 9.84. The quantitative estimate of drug-likeness (QED) is 0.696. The molecule has 1 saturated heterocycles. The minimum atomic E-state index is -1.15. The second-order valence-electron chi connectivity index (χ2n) is 8.78. The van der Waals surface area contributed by atoms with Crippen LogP contribution in [0.25, 0.3) is 0 Å². The van der Waals surface area contributed by atoms with E-state index in [1.165, 1.54) is 25.7 Å². The Balaban J connectivity index is 1.43. The van der Waals surface area contributed by atoms with Gasteiger partial charge in [-0.15, -0.1) is 0 Å². The lowest BCUT2D eigenvalue weighted by molar-refractivity contribution is -0.135. The van der Waals surface area contributed by atoms with Crippen LogP contribution in [-0.4, -0.2) is 35.3 Å². The lowest BCUT2D eigenvalue weighted by Crippen LogP contribution is -2.47. The third-order valence-electron chi connectivity index (χ3n) is 7.17. The molecule has 7 heteroatoms. The van der Waals surface area contributed by atoms with Crippen LogP contribution in [-0.2, 0) is 15.1 Å². The van der Waals surface area contributed by atoms with Crippen LogP contribution in [0.5, 0.6) is 0 Å². The average Bonchev–Trinajstić information content (AvgIpc) is 3.39. The normalized spacial score (nSPS) is 31.8. The summed E-state index contributed by atoms with van der Waals surface area (Å²) in [4.78, 5) is 39.4. The van der Waals surface area contributed by atoms with Gasteiger partial charge < -0.3 is 10.6 Å². The number of amides is 4. The minimum absolute atomic E-state index is 0.0609. The van der Waals surface area contributed by atoms with Crippen molar-refractivity contribution in [3.63, 3.8) is 0 Å². The second-order valence-corrected chi connectivity index (χ2v) is 9.22. The van der Waals surface area contributed by atoms with Crippen molar-refractivity contribution in [2.75, 3.05) is 6.54 Å². The first-order valence-corrected chi connectivity index (χ1v) is 10.9. The van der Waals surface area contributed by atoms with Gasteiger partial charge in [0.05, 0.1) is 0 Å². The molecule has 6 nitrogen and oxygen atoms in total. The van der Waals surface area contributed by atoms with Crippen LogP contribution in [0.3, 0.4) is 0 Å². The molecule has 0 aromatic heterocycles. The number of imide groups is 1. The van der Waals surface area contributed by atoms with Gasteiger partial charge in [0.2, 0.25) is 5.91 Å². The second kappa shape index (κ2) is 7.63. The number of benzene rings is 1. The van der Waals surface area contributed by atoms with Gasteiger partial charge in [-0.3, -0.25) is 14.5 Å². The molecule has 156 valence electrons. The van der Waals surface area contributed by atoms with Gasteiger partial charge in [0.25, 0.3) is 5.91 Å². The monoisotopic (exact) mass is 417 g/mol. The third-order valence-corrected chi connectivity index (χ3v) is 7.42. The standard InChI is InChI=1S/C22H28ClN3O3/c1-3-22(16-6-8-17(23)9-7-16)20(28)26(21(29)25-22)12-19(27)24-13(2)18-11-14-4-5-15(18)10-14/h6-9,13-15,18H,3-5,10-12H2,1-2H3,(H,24,27)(H,25,29). The highest BCUT2D eigenvalue weighted by atomic mass is 35.5. The van der Waals surface area contributed by atoms with E-state index >= 15 is 0 Å². The molecule has 3 aliphatic rings. The molecular weight excluding hydrogens is 390 g/mol. The number of nitrogens with zero attached hydrogens (tertiary/aromatic N) is 1. The Morgan fingerprint density at radius 1 is 1.28 bits per heavy atom. The topological polar surface area (TPSA) is 78.5 Å². The Bertz CT molecular complexity index is 827. The van der Waals surface area contributed by atoms with Crippen molar-refractivity contribution in [2.24, 2.45) is 17.8 Å². The molecule has 1 aromatic carbocycles. The molecule has 4 amide bonds. The number of fused-ring (bicyclic) bond motifs is 2. The summed E-state index contributed by atoms with van der Waals surface area (Å²) < 4.78 is 0. The van der Waals surface area contributed by atoms with Crippen molar-refractivity contribution in [3.8, 4) is 0 Å². The van der Waals surface area contributed by atoms with Crippen molar-refractivity contribution in [1.82, 2.24) is 15.5 Å². The summed E-state index contributed by atoms with van der Waals surface area (Å²) in [5, 5.41) is 6.40. The molecule has 1 aliphatic heterocycles. The molecule has 5 atom stereocenters. The summed E-state index contributed by atoms with van der Waals surface area (Å²) in [6.07, 6.45) is 5.40. The molecule has 2 aliphatic carbocycles. The number of hydrogen-bond acceptors (Lipinski definition) is 3. The Hall–Kier alpha value is -2.08. The van der Waals surface area contributed by atoms with E-state index in [0.717, 1.165) is 10.8 Å². The van der Waals surface area contributed by atoms with E-state index in [-0.39, 0.29) is 18.5 Å². The molecule has 29 heavy (non-hydrogen) atoms. The summed E-state index contributed by atoms with van der Waals surface area (Å²) >= 11 is 5.96. The molecule has 0 radical (unpaired) electrons. The minimum Gasteiger partial charge on any atom is -0.352 e. The zero-order chi connectivity index (χ0) is 20.8. The van der Waals surface area contributed by atoms with Crippen molar-refractivity contribution < 1.29 is 14.4 Å². The molecule has 2 bridgehead atoms. The van der Waals surface area contributed by atoms with Crippen LogP contribution in [0.1, 0.15) is 51.5 Å². The van der Waals surface area contributed by atoms with Crippen LogP contribution in [0.4, 0.5) is 4.79 Å². The van der Waals surface area contributed by atoms with Gasteiger partial charge in [-0.1, -0.05) is 37.1 Å². The van der Waals surface area contributed by atoms with Gasteiger partial charge in [0, 0.05) is 11.1 Å². The summed E-state index contributed by atoms with van der Waals surface area (Å²) in [6.45, 7) is 3.62. The fourth-order valence-corrected chi connectivity index (χ4v) is 5.73. The van der Waals surface area contributed by atoms with Crippen LogP contribution in [0.15, 0.2) is 24.3 Å². The maximum Gasteiger partial charge on any atom is 0.325 e. The Morgan fingerprint density at radius 3 is 2.59 bits per heavy atom. The van der Waals surface area contributed by atoms with Crippen LogP contribution in [0, 0.1) is 17.8 Å². The molecule has 5 unspecified atom stereocenters. The number of halogens is 1. The number of carbonyl (C=O) groups excluding carboxylic acids is 3. The fourth-order valence-electron chi connectivity index (χ4n) is 5.60. The number of nitrogens with one attached hydrogen (secondary N) is 2.